The van der Waals surface area contributed by atoms with Crippen LogP contribution in [0, 0.1) is 0 Å². The summed E-state index contributed by atoms with van der Waals surface area (Å²) in [6.45, 7) is 0.523. The van der Waals surface area contributed by atoms with Crippen molar-refractivity contribution >= 4 is 11.9 Å². The first-order chi connectivity index (χ1) is 13.7. The summed E-state index contributed by atoms with van der Waals surface area (Å²) in [5, 5.41) is 2.71. The Hall–Kier alpha value is -3.60. The van der Waals surface area contributed by atoms with E-state index in [1.165, 1.54) is 0 Å². The van der Waals surface area contributed by atoms with Crippen LogP contribution in [0.2, 0.25) is 0 Å². The molecule has 0 heterocycles. The smallest absolute Gasteiger partial charge is 0.338 e. The minimum Gasteiger partial charge on any atom is -0.489 e. The molecule has 0 spiro atoms. The number of nitrogens with one attached hydrogen (secondary N) is 1. The van der Waals surface area contributed by atoms with Crippen molar-refractivity contribution in [2.24, 2.45) is 0 Å². The predicted octanol–water partition coefficient (Wildman–Crippen LogP) is 3.74. The Labute approximate surface area is 163 Å². The van der Waals surface area contributed by atoms with Gasteiger partial charge in [-0.05, 0) is 35.4 Å². The second-order valence-corrected chi connectivity index (χ2v) is 6.14. The van der Waals surface area contributed by atoms with Crippen molar-refractivity contribution in [1.82, 2.24) is 5.32 Å². The number of hydrogen-bond donors (Lipinski definition) is 1. The molecule has 0 aliphatic carbocycles. The van der Waals surface area contributed by atoms with Crippen molar-refractivity contribution < 1.29 is 19.1 Å². The molecule has 3 rings (SSSR count). The van der Waals surface area contributed by atoms with Gasteiger partial charge in [-0.3, -0.25) is 4.79 Å². The molecule has 28 heavy (non-hydrogen) atoms. The van der Waals surface area contributed by atoms with Gasteiger partial charge >= 0.3 is 5.97 Å². The number of hydrogen-bond acceptors (Lipinski definition) is 4. The molecular formula is C23H21NO4. The SMILES string of the molecule is O=C(COC(=O)c1ccc(OCc2ccccc2)cc1)NCc1ccccc1. The van der Waals surface area contributed by atoms with Gasteiger partial charge in [-0.15, -0.1) is 0 Å². The van der Waals surface area contributed by atoms with Crippen LogP contribution in [0.15, 0.2) is 84.9 Å². The van der Waals surface area contributed by atoms with Crippen LogP contribution < -0.4 is 10.1 Å². The second-order valence-electron chi connectivity index (χ2n) is 6.14. The largest absolute Gasteiger partial charge is 0.489 e. The maximum Gasteiger partial charge on any atom is 0.338 e. The van der Waals surface area contributed by atoms with Gasteiger partial charge in [0.05, 0.1) is 5.56 Å². The first-order valence-electron chi connectivity index (χ1n) is 8.95. The topological polar surface area (TPSA) is 64.6 Å². The number of ether oxygens (including phenoxy) is 2. The zero-order valence-electron chi connectivity index (χ0n) is 15.3. The second kappa shape index (κ2) is 9.92. The van der Waals surface area contributed by atoms with E-state index in [2.05, 4.69) is 5.32 Å². The van der Waals surface area contributed by atoms with E-state index in [0.29, 0.717) is 24.5 Å². The van der Waals surface area contributed by atoms with Gasteiger partial charge in [0.25, 0.3) is 5.91 Å². The fourth-order valence-corrected chi connectivity index (χ4v) is 2.49. The van der Waals surface area contributed by atoms with E-state index in [9.17, 15) is 9.59 Å². The predicted molar refractivity (Wildman–Crippen MR) is 106 cm³/mol. The van der Waals surface area contributed by atoms with Gasteiger partial charge in [-0.2, -0.15) is 0 Å². The van der Waals surface area contributed by atoms with Crippen molar-refractivity contribution in [1.29, 1.82) is 0 Å². The summed E-state index contributed by atoms with van der Waals surface area (Å²) in [6, 6.07) is 26.0. The van der Waals surface area contributed by atoms with Crippen LogP contribution in [0.5, 0.6) is 5.75 Å². The van der Waals surface area contributed by atoms with Crippen molar-refractivity contribution in [2.75, 3.05) is 6.61 Å². The maximum atomic E-state index is 12.1. The Bertz CT molecular complexity index is 893. The minimum absolute atomic E-state index is 0.322. The van der Waals surface area contributed by atoms with Gasteiger partial charge in [-0.1, -0.05) is 60.7 Å². The standard InChI is InChI=1S/C23H21NO4/c25-22(24-15-18-7-3-1-4-8-18)17-28-23(26)20-11-13-21(14-12-20)27-16-19-9-5-2-6-10-19/h1-14H,15-17H2,(H,24,25). The van der Waals surface area contributed by atoms with E-state index in [4.69, 9.17) is 9.47 Å². The fraction of sp³-hybridized carbons (Fsp3) is 0.130. The summed E-state index contributed by atoms with van der Waals surface area (Å²) in [6.07, 6.45) is 0. The molecule has 1 N–H and O–H groups in total. The lowest BCUT2D eigenvalue weighted by molar-refractivity contribution is -0.124. The van der Waals surface area contributed by atoms with Crippen LogP contribution in [0.1, 0.15) is 21.5 Å². The molecule has 0 unspecified atom stereocenters. The Kier molecular flexibility index (Phi) is 6.79. The van der Waals surface area contributed by atoms with E-state index < -0.39 is 5.97 Å². The average Bonchev–Trinajstić information content (AvgIpc) is 2.76. The average molecular weight is 375 g/mol. The van der Waals surface area contributed by atoms with Gasteiger partial charge in [0, 0.05) is 6.54 Å². The van der Waals surface area contributed by atoms with Crippen molar-refractivity contribution in [3.8, 4) is 5.75 Å². The number of rotatable bonds is 8. The number of carbonyl (C=O) groups excluding carboxylic acids is 2. The van der Waals surface area contributed by atoms with E-state index in [1.54, 1.807) is 24.3 Å². The molecule has 3 aromatic carbocycles. The normalized spacial score (nSPS) is 10.1. The third-order valence-corrected chi connectivity index (χ3v) is 4.01. The lowest BCUT2D eigenvalue weighted by atomic mass is 10.2. The molecule has 0 aliphatic rings. The van der Waals surface area contributed by atoms with Gasteiger partial charge < -0.3 is 14.8 Å². The van der Waals surface area contributed by atoms with Crippen molar-refractivity contribution in [3.05, 3.63) is 102 Å². The molecule has 3 aromatic rings. The maximum absolute atomic E-state index is 12.1. The number of amides is 1. The highest BCUT2D eigenvalue weighted by atomic mass is 16.5. The molecule has 5 heteroatoms. The molecule has 0 aromatic heterocycles. The zero-order chi connectivity index (χ0) is 19.6. The van der Waals surface area contributed by atoms with E-state index in [1.807, 2.05) is 60.7 Å². The highest BCUT2D eigenvalue weighted by molar-refractivity contribution is 5.91. The monoisotopic (exact) mass is 375 g/mol. The molecule has 142 valence electrons. The Morgan fingerprint density at radius 3 is 2.00 bits per heavy atom. The molecule has 1 amide bonds. The Morgan fingerprint density at radius 1 is 0.750 bits per heavy atom. The summed E-state index contributed by atoms with van der Waals surface area (Å²) in [5.41, 5.74) is 2.41. The van der Waals surface area contributed by atoms with Crippen LogP contribution in [0.4, 0.5) is 0 Å². The minimum atomic E-state index is -0.551. The summed E-state index contributed by atoms with van der Waals surface area (Å²) < 4.78 is 10.7. The highest BCUT2D eigenvalue weighted by Gasteiger charge is 2.10. The van der Waals surface area contributed by atoms with Crippen LogP contribution in [-0.2, 0) is 22.7 Å². The van der Waals surface area contributed by atoms with Crippen LogP contribution in [0.3, 0.4) is 0 Å². The quantitative estimate of drug-likeness (QED) is 0.609. The lowest BCUT2D eigenvalue weighted by Crippen LogP contribution is -2.28. The summed E-state index contributed by atoms with van der Waals surface area (Å²) in [7, 11) is 0. The van der Waals surface area contributed by atoms with Gasteiger partial charge in [0.1, 0.15) is 12.4 Å². The Morgan fingerprint density at radius 2 is 1.36 bits per heavy atom. The van der Waals surface area contributed by atoms with Gasteiger partial charge in [0.15, 0.2) is 6.61 Å². The lowest BCUT2D eigenvalue weighted by Gasteiger charge is -2.08. The Balaban J connectivity index is 1.42. The fourth-order valence-electron chi connectivity index (χ4n) is 2.49. The molecule has 0 saturated carbocycles. The van der Waals surface area contributed by atoms with E-state index in [-0.39, 0.29) is 12.5 Å². The van der Waals surface area contributed by atoms with Gasteiger partial charge in [0.2, 0.25) is 0 Å². The molecule has 0 fully saturated rings. The zero-order valence-corrected chi connectivity index (χ0v) is 15.3. The molecule has 0 bridgehead atoms. The number of benzene rings is 3. The van der Waals surface area contributed by atoms with Crippen molar-refractivity contribution in [2.45, 2.75) is 13.2 Å². The molecule has 0 aliphatic heterocycles. The van der Waals surface area contributed by atoms with Gasteiger partial charge in [-0.25, -0.2) is 4.79 Å². The summed E-state index contributed by atoms with van der Waals surface area (Å²) >= 11 is 0. The third-order valence-electron chi connectivity index (χ3n) is 4.01. The number of esters is 1. The first kappa shape index (κ1) is 19.2. The molecule has 0 radical (unpaired) electrons. The van der Waals surface area contributed by atoms with Crippen molar-refractivity contribution in [3.63, 3.8) is 0 Å². The van der Waals surface area contributed by atoms with E-state index >= 15 is 0 Å². The van der Waals surface area contributed by atoms with Crippen LogP contribution in [0.25, 0.3) is 0 Å². The number of carbonyl (C=O) groups is 2. The summed E-state index contributed by atoms with van der Waals surface area (Å²) in [4.78, 5) is 23.9. The molecule has 0 saturated heterocycles. The summed E-state index contributed by atoms with van der Waals surface area (Å²) in [5.74, 6) is -0.245. The molecule has 0 atom stereocenters. The molecule has 5 nitrogen and oxygen atoms in total. The molecular weight excluding hydrogens is 354 g/mol. The third kappa shape index (κ3) is 5.99. The first-order valence-corrected chi connectivity index (χ1v) is 8.95. The van der Waals surface area contributed by atoms with Crippen LogP contribution >= 0.6 is 0 Å². The van der Waals surface area contributed by atoms with Crippen LogP contribution in [-0.4, -0.2) is 18.5 Å². The van der Waals surface area contributed by atoms with E-state index in [0.717, 1.165) is 11.1 Å². The highest BCUT2D eigenvalue weighted by Crippen LogP contribution is 2.15.